The molecule has 0 N–H and O–H groups in total. The van der Waals surface area contributed by atoms with Crippen LogP contribution in [0.15, 0.2) is 36.4 Å². The van der Waals surface area contributed by atoms with Gasteiger partial charge in [0.15, 0.2) is 11.5 Å². The van der Waals surface area contributed by atoms with Crippen molar-refractivity contribution in [2.75, 3.05) is 47.0 Å². The first-order valence-corrected chi connectivity index (χ1v) is 11.6. The van der Waals surface area contributed by atoms with Crippen LogP contribution in [0.4, 0.5) is 0 Å². The molecule has 4 rings (SSSR count). The van der Waals surface area contributed by atoms with Gasteiger partial charge in [-0.15, -0.1) is 12.4 Å². The van der Waals surface area contributed by atoms with Crippen LogP contribution in [0.3, 0.4) is 0 Å². The third kappa shape index (κ3) is 5.92. The Hall–Kier alpha value is -2.44. The maximum atomic E-state index is 13.3. The second kappa shape index (κ2) is 11.6. The number of rotatable bonds is 8. The standard InChI is InChI=1S/C26H34N2O4.ClH/c1-19-7-9-22(10-8-19)32-15-5-13-27-12-4-6-21(18-27)28-14-11-20-16-24(30-2)25(31-3)17-23(20)26(28)29;/h7-10,16-17,21H,4-6,11-15,18H2,1-3H3;1H. The normalized spacial score (nSPS) is 18.3. The summed E-state index contributed by atoms with van der Waals surface area (Å²) in [6.45, 7) is 6.56. The lowest BCUT2D eigenvalue weighted by Crippen LogP contribution is -2.52. The predicted molar refractivity (Wildman–Crippen MR) is 132 cm³/mol. The van der Waals surface area contributed by atoms with Gasteiger partial charge in [-0.2, -0.15) is 0 Å². The van der Waals surface area contributed by atoms with E-state index in [2.05, 4.69) is 28.9 Å². The van der Waals surface area contributed by atoms with Crippen molar-refractivity contribution in [2.45, 2.75) is 38.6 Å². The number of methoxy groups -OCH3 is 2. The zero-order chi connectivity index (χ0) is 22.5. The highest BCUT2D eigenvalue weighted by atomic mass is 35.5. The summed E-state index contributed by atoms with van der Waals surface area (Å²) in [6, 6.07) is 12.2. The summed E-state index contributed by atoms with van der Waals surface area (Å²) < 4.78 is 16.7. The Balaban J connectivity index is 0.00000306. The summed E-state index contributed by atoms with van der Waals surface area (Å²) in [5.74, 6) is 2.34. The van der Waals surface area contributed by atoms with Crippen LogP contribution in [-0.4, -0.2) is 68.8 Å². The van der Waals surface area contributed by atoms with Gasteiger partial charge in [-0.1, -0.05) is 17.7 Å². The van der Waals surface area contributed by atoms with E-state index in [1.165, 1.54) is 5.56 Å². The molecule has 0 aliphatic carbocycles. The molecule has 1 unspecified atom stereocenters. The molecule has 0 bridgehead atoms. The zero-order valence-electron chi connectivity index (χ0n) is 19.8. The van der Waals surface area contributed by atoms with Crippen molar-refractivity contribution in [3.05, 3.63) is 53.1 Å². The number of halogens is 1. The molecule has 2 aliphatic rings. The molecule has 1 amide bonds. The fourth-order valence-electron chi connectivity index (χ4n) is 4.77. The average Bonchev–Trinajstić information content (AvgIpc) is 2.82. The quantitative estimate of drug-likeness (QED) is 0.532. The lowest BCUT2D eigenvalue weighted by Gasteiger charge is -2.41. The monoisotopic (exact) mass is 474 g/mol. The van der Waals surface area contributed by atoms with Crippen molar-refractivity contribution in [1.82, 2.24) is 9.80 Å². The fourth-order valence-corrected chi connectivity index (χ4v) is 4.77. The Morgan fingerprint density at radius 2 is 1.76 bits per heavy atom. The summed E-state index contributed by atoms with van der Waals surface area (Å²) in [7, 11) is 3.24. The Labute approximate surface area is 203 Å². The van der Waals surface area contributed by atoms with Crippen LogP contribution in [0.25, 0.3) is 0 Å². The number of hydrogen-bond donors (Lipinski definition) is 0. The highest BCUT2D eigenvalue weighted by molar-refractivity contribution is 5.97. The molecule has 1 saturated heterocycles. The van der Waals surface area contributed by atoms with Gasteiger partial charge < -0.3 is 24.0 Å². The molecular formula is C26H35ClN2O4. The van der Waals surface area contributed by atoms with E-state index in [1.807, 2.05) is 24.3 Å². The molecule has 2 aromatic rings. The van der Waals surface area contributed by atoms with E-state index in [4.69, 9.17) is 14.2 Å². The number of benzene rings is 2. The van der Waals surface area contributed by atoms with Gasteiger partial charge >= 0.3 is 0 Å². The van der Waals surface area contributed by atoms with Crippen molar-refractivity contribution in [2.24, 2.45) is 0 Å². The number of carbonyl (C=O) groups is 1. The van der Waals surface area contributed by atoms with Crippen LogP contribution >= 0.6 is 12.4 Å². The number of ether oxygens (including phenoxy) is 3. The van der Waals surface area contributed by atoms with Crippen LogP contribution in [0, 0.1) is 6.92 Å². The van der Waals surface area contributed by atoms with E-state index in [0.29, 0.717) is 18.1 Å². The third-order valence-electron chi connectivity index (χ3n) is 6.55. The van der Waals surface area contributed by atoms with Gasteiger partial charge in [-0.3, -0.25) is 4.79 Å². The minimum atomic E-state index is 0. The smallest absolute Gasteiger partial charge is 0.254 e. The van der Waals surface area contributed by atoms with Crippen LogP contribution in [0.2, 0.25) is 0 Å². The van der Waals surface area contributed by atoms with E-state index >= 15 is 0 Å². The molecule has 6 nitrogen and oxygen atoms in total. The molecule has 33 heavy (non-hydrogen) atoms. The molecule has 0 saturated carbocycles. The van der Waals surface area contributed by atoms with Gasteiger partial charge in [0.1, 0.15) is 5.75 Å². The lowest BCUT2D eigenvalue weighted by atomic mass is 9.94. The summed E-state index contributed by atoms with van der Waals surface area (Å²) in [4.78, 5) is 17.9. The second-order valence-corrected chi connectivity index (χ2v) is 8.72. The Morgan fingerprint density at radius 1 is 1.03 bits per heavy atom. The SMILES string of the molecule is COc1cc2c(cc1OC)C(=O)N(C1CCCN(CCCOc3ccc(C)cc3)C1)CC2.Cl. The summed E-state index contributed by atoms with van der Waals surface area (Å²) in [5, 5.41) is 0. The topological polar surface area (TPSA) is 51.2 Å². The first-order chi connectivity index (χ1) is 15.6. The van der Waals surface area contributed by atoms with Crippen LogP contribution < -0.4 is 14.2 Å². The molecule has 0 radical (unpaired) electrons. The number of piperidine rings is 1. The number of likely N-dealkylation sites (tertiary alicyclic amines) is 1. The van der Waals surface area contributed by atoms with Crippen molar-refractivity contribution < 1.29 is 19.0 Å². The summed E-state index contributed by atoms with van der Waals surface area (Å²) >= 11 is 0. The van der Waals surface area contributed by atoms with Gasteiger partial charge in [0.05, 0.1) is 20.8 Å². The first kappa shape index (κ1) is 25.2. The fraction of sp³-hybridized carbons (Fsp3) is 0.500. The second-order valence-electron chi connectivity index (χ2n) is 8.72. The van der Waals surface area contributed by atoms with Gasteiger partial charge in [0, 0.05) is 31.2 Å². The number of amides is 1. The number of hydrogen-bond acceptors (Lipinski definition) is 5. The Bertz CT molecular complexity index is 935. The maximum absolute atomic E-state index is 13.3. The highest BCUT2D eigenvalue weighted by Crippen LogP contribution is 2.34. The maximum Gasteiger partial charge on any atom is 0.254 e. The molecule has 7 heteroatoms. The first-order valence-electron chi connectivity index (χ1n) is 11.6. The molecule has 2 aromatic carbocycles. The van der Waals surface area contributed by atoms with E-state index in [-0.39, 0.29) is 24.4 Å². The lowest BCUT2D eigenvalue weighted by molar-refractivity contribution is 0.0517. The van der Waals surface area contributed by atoms with Crippen molar-refractivity contribution >= 4 is 18.3 Å². The average molecular weight is 475 g/mol. The number of aryl methyl sites for hydroxylation is 1. The van der Waals surface area contributed by atoms with Crippen LogP contribution in [0.1, 0.15) is 40.7 Å². The molecule has 0 aromatic heterocycles. The number of carbonyl (C=O) groups excluding carboxylic acids is 1. The minimum Gasteiger partial charge on any atom is -0.494 e. The summed E-state index contributed by atoms with van der Waals surface area (Å²) in [5.41, 5.74) is 3.03. The molecule has 2 heterocycles. The van der Waals surface area contributed by atoms with E-state index < -0.39 is 0 Å². The third-order valence-corrected chi connectivity index (χ3v) is 6.55. The van der Waals surface area contributed by atoms with Crippen LogP contribution in [0.5, 0.6) is 17.2 Å². The minimum absolute atomic E-state index is 0. The van der Waals surface area contributed by atoms with Crippen molar-refractivity contribution in [3.8, 4) is 17.2 Å². The molecule has 1 fully saturated rings. The van der Waals surface area contributed by atoms with E-state index in [9.17, 15) is 4.79 Å². The molecule has 1 atom stereocenters. The molecule has 2 aliphatic heterocycles. The van der Waals surface area contributed by atoms with Crippen LogP contribution in [-0.2, 0) is 6.42 Å². The number of fused-ring (bicyclic) bond motifs is 1. The van der Waals surface area contributed by atoms with Crippen molar-refractivity contribution in [1.29, 1.82) is 0 Å². The molecule has 180 valence electrons. The van der Waals surface area contributed by atoms with Crippen molar-refractivity contribution in [3.63, 3.8) is 0 Å². The van der Waals surface area contributed by atoms with E-state index in [1.54, 1.807) is 14.2 Å². The Morgan fingerprint density at radius 3 is 2.48 bits per heavy atom. The number of nitrogens with zero attached hydrogens (tertiary/aromatic N) is 2. The Kier molecular flexibility index (Phi) is 8.87. The predicted octanol–water partition coefficient (Wildman–Crippen LogP) is 4.37. The van der Waals surface area contributed by atoms with Gasteiger partial charge in [-0.05, 0) is 69.0 Å². The molecule has 0 spiro atoms. The molecular weight excluding hydrogens is 440 g/mol. The zero-order valence-corrected chi connectivity index (χ0v) is 20.7. The van der Waals surface area contributed by atoms with Gasteiger partial charge in [0.25, 0.3) is 5.91 Å². The summed E-state index contributed by atoms with van der Waals surface area (Å²) in [6.07, 6.45) is 4.01. The highest BCUT2D eigenvalue weighted by Gasteiger charge is 2.33. The van der Waals surface area contributed by atoms with E-state index in [0.717, 1.165) is 68.7 Å². The van der Waals surface area contributed by atoms with Gasteiger partial charge in [-0.25, -0.2) is 0 Å². The van der Waals surface area contributed by atoms with Gasteiger partial charge in [0.2, 0.25) is 0 Å². The largest absolute Gasteiger partial charge is 0.494 e.